The van der Waals surface area contributed by atoms with Crippen LogP contribution < -0.4 is 4.18 Å². The smallest absolute Gasteiger partial charge is 0.309 e. The van der Waals surface area contributed by atoms with Gasteiger partial charge in [-0.15, -0.1) is 0 Å². The maximum absolute atomic E-state index is 12.1. The Balaban J connectivity index is 2.03. The second kappa shape index (κ2) is 6.17. The molecule has 6 nitrogen and oxygen atoms in total. The van der Waals surface area contributed by atoms with Gasteiger partial charge in [0.05, 0.1) is 12.0 Å². The van der Waals surface area contributed by atoms with E-state index < -0.39 is 20.1 Å². The third kappa shape index (κ3) is 4.69. The fourth-order valence-electron chi connectivity index (χ4n) is 2.68. The van der Waals surface area contributed by atoms with E-state index in [0.29, 0.717) is 18.7 Å². The molecule has 124 valence electrons. The van der Waals surface area contributed by atoms with Crippen molar-refractivity contribution in [3.05, 3.63) is 29.3 Å². The maximum Gasteiger partial charge on any atom is 0.309 e. The standard InChI is InChI=1S/C14H21NO5S2/c1-11-6-12(2)8-14(7-11)20-22(18,19)10-13-4-5-15(9-13)21(3,16)17/h6-8,13H,4-5,9-10H2,1-3H3. The van der Waals surface area contributed by atoms with Crippen molar-refractivity contribution in [2.75, 3.05) is 25.1 Å². The van der Waals surface area contributed by atoms with Crippen molar-refractivity contribution < 1.29 is 21.0 Å². The van der Waals surface area contributed by atoms with E-state index in [1.807, 2.05) is 19.9 Å². The number of benzene rings is 1. The molecule has 1 unspecified atom stereocenters. The lowest BCUT2D eigenvalue weighted by Gasteiger charge is -2.14. The molecule has 2 rings (SSSR count). The summed E-state index contributed by atoms with van der Waals surface area (Å²) >= 11 is 0. The van der Waals surface area contributed by atoms with Crippen molar-refractivity contribution in [1.82, 2.24) is 4.31 Å². The zero-order valence-corrected chi connectivity index (χ0v) is 14.6. The molecule has 8 heteroatoms. The van der Waals surface area contributed by atoms with Gasteiger partial charge in [-0.2, -0.15) is 8.42 Å². The molecule has 1 aliphatic rings. The normalized spacial score (nSPS) is 20.2. The molecule has 0 saturated carbocycles. The summed E-state index contributed by atoms with van der Waals surface area (Å²) in [7, 11) is -7.01. The summed E-state index contributed by atoms with van der Waals surface area (Å²) in [5, 5.41) is 0. The van der Waals surface area contributed by atoms with Crippen LogP contribution in [0.4, 0.5) is 0 Å². The van der Waals surface area contributed by atoms with Crippen LogP contribution in [0.25, 0.3) is 0 Å². The Bertz CT molecular complexity index is 735. The average molecular weight is 347 g/mol. The lowest BCUT2D eigenvalue weighted by atomic mass is 10.1. The van der Waals surface area contributed by atoms with Crippen LogP contribution in [0.2, 0.25) is 0 Å². The molecule has 0 N–H and O–H groups in total. The van der Waals surface area contributed by atoms with Crippen molar-refractivity contribution in [3.8, 4) is 5.75 Å². The lowest BCUT2D eigenvalue weighted by Crippen LogP contribution is -2.29. The van der Waals surface area contributed by atoms with Gasteiger partial charge in [0.2, 0.25) is 10.0 Å². The third-order valence-corrected chi connectivity index (χ3v) is 6.17. The number of sulfonamides is 1. The fourth-order valence-corrected chi connectivity index (χ4v) is 4.91. The monoisotopic (exact) mass is 347 g/mol. The number of nitrogens with zero attached hydrogens (tertiary/aromatic N) is 1. The molecule has 1 fully saturated rings. The second-order valence-electron chi connectivity index (χ2n) is 5.91. The van der Waals surface area contributed by atoms with E-state index in [0.717, 1.165) is 17.4 Å². The second-order valence-corrected chi connectivity index (χ2v) is 9.50. The van der Waals surface area contributed by atoms with Gasteiger partial charge in [-0.25, -0.2) is 12.7 Å². The van der Waals surface area contributed by atoms with Crippen LogP contribution in [0.15, 0.2) is 18.2 Å². The van der Waals surface area contributed by atoms with E-state index in [4.69, 9.17) is 4.18 Å². The van der Waals surface area contributed by atoms with Gasteiger partial charge < -0.3 is 4.18 Å². The van der Waals surface area contributed by atoms with E-state index in [-0.39, 0.29) is 18.2 Å². The van der Waals surface area contributed by atoms with E-state index in [9.17, 15) is 16.8 Å². The summed E-state index contributed by atoms with van der Waals surface area (Å²) in [6, 6.07) is 5.27. The van der Waals surface area contributed by atoms with Gasteiger partial charge in [-0.3, -0.25) is 0 Å². The van der Waals surface area contributed by atoms with Crippen molar-refractivity contribution in [2.45, 2.75) is 20.3 Å². The topological polar surface area (TPSA) is 80.8 Å². The number of rotatable bonds is 5. The molecule has 1 aliphatic heterocycles. The molecule has 22 heavy (non-hydrogen) atoms. The lowest BCUT2D eigenvalue weighted by molar-refractivity contribution is 0.453. The SMILES string of the molecule is Cc1cc(C)cc(OS(=O)(=O)CC2CCN(S(C)(=O)=O)C2)c1. The fraction of sp³-hybridized carbons (Fsp3) is 0.571. The molecule has 0 spiro atoms. The summed E-state index contributed by atoms with van der Waals surface area (Å²) in [5.74, 6) is -0.104. The zero-order chi connectivity index (χ0) is 16.5. The minimum atomic E-state index is -3.74. The highest BCUT2D eigenvalue weighted by Crippen LogP contribution is 2.23. The van der Waals surface area contributed by atoms with Crippen LogP contribution in [0.5, 0.6) is 5.75 Å². The highest BCUT2D eigenvalue weighted by atomic mass is 32.2. The molecule has 1 aromatic carbocycles. The van der Waals surface area contributed by atoms with Gasteiger partial charge in [0.15, 0.2) is 0 Å². The van der Waals surface area contributed by atoms with Crippen LogP contribution in [0.1, 0.15) is 17.5 Å². The molecule has 0 radical (unpaired) electrons. The first-order valence-corrected chi connectivity index (χ1v) is 10.4. The predicted octanol–water partition coefficient (Wildman–Crippen LogP) is 1.29. The Morgan fingerprint density at radius 1 is 1.14 bits per heavy atom. The average Bonchev–Trinajstić information content (AvgIpc) is 2.73. The van der Waals surface area contributed by atoms with E-state index >= 15 is 0 Å². The predicted molar refractivity (Wildman–Crippen MR) is 84.9 cm³/mol. The molecule has 0 aromatic heterocycles. The number of aryl methyl sites for hydroxylation is 2. The van der Waals surface area contributed by atoms with Crippen molar-refractivity contribution in [3.63, 3.8) is 0 Å². The largest absolute Gasteiger partial charge is 0.382 e. The Kier molecular flexibility index (Phi) is 4.84. The van der Waals surface area contributed by atoms with Crippen molar-refractivity contribution in [1.29, 1.82) is 0 Å². The highest BCUT2D eigenvalue weighted by Gasteiger charge is 2.32. The van der Waals surface area contributed by atoms with E-state index in [2.05, 4.69) is 0 Å². The molecule has 1 atom stereocenters. The van der Waals surface area contributed by atoms with Crippen LogP contribution in [-0.2, 0) is 20.1 Å². The van der Waals surface area contributed by atoms with E-state index in [1.54, 1.807) is 12.1 Å². The first-order chi connectivity index (χ1) is 10.0. The first-order valence-electron chi connectivity index (χ1n) is 7.01. The van der Waals surface area contributed by atoms with Crippen LogP contribution in [-0.4, -0.2) is 46.2 Å². The van der Waals surface area contributed by atoms with Crippen LogP contribution in [0.3, 0.4) is 0 Å². The molecule has 1 saturated heterocycles. The first kappa shape index (κ1) is 17.2. The number of hydrogen-bond acceptors (Lipinski definition) is 5. The van der Waals surface area contributed by atoms with Gasteiger partial charge in [0, 0.05) is 13.1 Å². The third-order valence-electron chi connectivity index (χ3n) is 3.58. The Morgan fingerprint density at radius 3 is 2.23 bits per heavy atom. The summed E-state index contributed by atoms with van der Waals surface area (Å²) in [6.07, 6.45) is 1.67. The Hall–Kier alpha value is -1.12. The van der Waals surface area contributed by atoms with Gasteiger partial charge >= 0.3 is 10.1 Å². The summed E-state index contributed by atoms with van der Waals surface area (Å²) in [4.78, 5) is 0. The quantitative estimate of drug-likeness (QED) is 0.750. The minimum Gasteiger partial charge on any atom is -0.382 e. The Labute approximate surface area is 132 Å². The van der Waals surface area contributed by atoms with Crippen molar-refractivity contribution >= 4 is 20.1 Å². The van der Waals surface area contributed by atoms with Gasteiger partial charge in [0.1, 0.15) is 5.75 Å². The molecule has 1 heterocycles. The van der Waals surface area contributed by atoms with Crippen LogP contribution in [0, 0.1) is 19.8 Å². The molecule has 1 aromatic rings. The van der Waals surface area contributed by atoms with Gasteiger partial charge in [-0.1, -0.05) is 6.07 Å². The molecule has 0 amide bonds. The molecular formula is C14H21NO5S2. The van der Waals surface area contributed by atoms with E-state index in [1.165, 1.54) is 4.31 Å². The molecular weight excluding hydrogens is 326 g/mol. The van der Waals surface area contributed by atoms with Gasteiger partial charge in [-0.05, 0) is 49.4 Å². The van der Waals surface area contributed by atoms with Crippen molar-refractivity contribution in [2.24, 2.45) is 5.92 Å². The summed E-state index contributed by atoms with van der Waals surface area (Å²) in [6.45, 7) is 4.33. The summed E-state index contributed by atoms with van der Waals surface area (Å²) < 4.78 is 53.7. The summed E-state index contributed by atoms with van der Waals surface area (Å²) in [5.41, 5.74) is 1.85. The van der Waals surface area contributed by atoms with Crippen LogP contribution >= 0.6 is 0 Å². The number of hydrogen-bond donors (Lipinski definition) is 0. The Morgan fingerprint density at radius 2 is 1.73 bits per heavy atom. The molecule has 0 aliphatic carbocycles. The van der Waals surface area contributed by atoms with Gasteiger partial charge in [0.25, 0.3) is 0 Å². The molecule has 0 bridgehead atoms. The maximum atomic E-state index is 12.1. The highest BCUT2D eigenvalue weighted by molar-refractivity contribution is 7.88. The zero-order valence-electron chi connectivity index (χ0n) is 12.9. The minimum absolute atomic E-state index is 0.175.